The van der Waals surface area contributed by atoms with E-state index in [4.69, 9.17) is 11.6 Å². The zero-order chi connectivity index (χ0) is 19.6. The standard InChI is InChI=1S/C19H16ClN3O4/c1-12(24)22-9-8-13-4-2-3-5-15(13)17(22)11-19(25)21-14-6-7-16(20)18(10-14)23(26)27/h2-10,17H,11H2,1H3,(H,21,25). The molecule has 1 aliphatic rings. The highest BCUT2D eigenvalue weighted by Gasteiger charge is 2.28. The minimum Gasteiger partial charge on any atom is -0.326 e. The van der Waals surface area contributed by atoms with Crippen LogP contribution in [0.1, 0.15) is 30.5 Å². The Labute approximate surface area is 160 Å². The molecule has 0 saturated carbocycles. The molecule has 1 N–H and O–H groups in total. The van der Waals surface area contributed by atoms with Crippen LogP contribution in [0.15, 0.2) is 48.7 Å². The predicted octanol–water partition coefficient (Wildman–Crippen LogP) is 4.15. The van der Waals surface area contributed by atoms with Gasteiger partial charge in [0.1, 0.15) is 5.02 Å². The first-order valence-electron chi connectivity index (χ1n) is 8.16. The average Bonchev–Trinajstić information content (AvgIpc) is 2.63. The molecular formula is C19H16ClN3O4. The number of halogens is 1. The largest absolute Gasteiger partial charge is 0.326 e. The van der Waals surface area contributed by atoms with Gasteiger partial charge in [-0.3, -0.25) is 19.7 Å². The van der Waals surface area contributed by atoms with Crippen LogP contribution in [-0.2, 0) is 9.59 Å². The van der Waals surface area contributed by atoms with E-state index in [-0.39, 0.29) is 34.6 Å². The Kier molecular flexibility index (Phi) is 5.23. The third-order valence-corrected chi connectivity index (χ3v) is 4.59. The molecule has 0 spiro atoms. The van der Waals surface area contributed by atoms with Crippen LogP contribution >= 0.6 is 11.6 Å². The van der Waals surface area contributed by atoms with E-state index in [1.807, 2.05) is 30.3 Å². The number of rotatable bonds is 4. The van der Waals surface area contributed by atoms with Gasteiger partial charge in [-0.1, -0.05) is 35.9 Å². The summed E-state index contributed by atoms with van der Waals surface area (Å²) in [5.41, 5.74) is 1.79. The second-order valence-electron chi connectivity index (χ2n) is 6.06. The van der Waals surface area contributed by atoms with Crippen LogP contribution in [0.3, 0.4) is 0 Å². The highest BCUT2D eigenvalue weighted by molar-refractivity contribution is 6.32. The van der Waals surface area contributed by atoms with E-state index in [1.165, 1.54) is 30.0 Å². The van der Waals surface area contributed by atoms with E-state index in [1.54, 1.807) is 6.20 Å². The molecule has 8 heteroatoms. The monoisotopic (exact) mass is 385 g/mol. The van der Waals surface area contributed by atoms with Gasteiger partial charge < -0.3 is 10.2 Å². The maximum atomic E-state index is 12.5. The van der Waals surface area contributed by atoms with Crippen molar-refractivity contribution in [1.29, 1.82) is 0 Å². The van der Waals surface area contributed by atoms with Crippen molar-refractivity contribution in [3.05, 3.63) is 74.9 Å². The number of carbonyl (C=O) groups is 2. The summed E-state index contributed by atoms with van der Waals surface area (Å²) in [6.07, 6.45) is 3.50. The normalized spacial score (nSPS) is 15.2. The topological polar surface area (TPSA) is 92.6 Å². The van der Waals surface area contributed by atoms with Crippen LogP contribution in [0.2, 0.25) is 5.02 Å². The Bertz CT molecular complexity index is 958. The first-order valence-corrected chi connectivity index (χ1v) is 8.54. The number of hydrogen-bond acceptors (Lipinski definition) is 4. The van der Waals surface area contributed by atoms with Crippen molar-refractivity contribution in [3.63, 3.8) is 0 Å². The molecular weight excluding hydrogens is 370 g/mol. The fraction of sp³-hybridized carbons (Fsp3) is 0.158. The molecule has 1 atom stereocenters. The van der Waals surface area contributed by atoms with Gasteiger partial charge in [-0.05, 0) is 29.3 Å². The summed E-state index contributed by atoms with van der Waals surface area (Å²) < 4.78 is 0. The lowest BCUT2D eigenvalue weighted by Gasteiger charge is -2.32. The minimum atomic E-state index is -0.613. The van der Waals surface area contributed by atoms with Crippen LogP contribution in [0.25, 0.3) is 6.08 Å². The number of hydrogen-bond donors (Lipinski definition) is 1. The third-order valence-electron chi connectivity index (χ3n) is 4.27. The van der Waals surface area contributed by atoms with Crippen molar-refractivity contribution in [2.75, 3.05) is 5.32 Å². The fourth-order valence-electron chi connectivity index (χ4n) is 3.03. The lowest BCUT2D eigenvalue weighted by Crippen LogP contribution is -2.33. The van der Waals surface area contributed by atoms with Crippen molar-refractivity contribution >= 4 is 40.9 Å². The van der Waals surface area contributed by atoms with Crippen LogP contribution in [0.5, 0.6) is 0 Å². The van der Waals surface area contributed by atoms with Crippen molar-refractivity contribution in [2.45, 2.75) is 19.4 Å². The summed E-state index contributed by atoms with van der Waals surface area (Å²) in [6, 6.07) is 11.1. The van der Waals surface area contributed by atoms with E-state index in [9.17, 15) is 19.7 Å². The number of nitrogens with one attached hydrogen (secondary N) is 1. The number of anilines is 1. The van der Waals surface area contributed by atoms with Gasteiger partial charge in [0.05, 0.1) is 17.4 Å². The SMILES string of the molecule is CC(=O)N1C=Cc2ccccc2C1CC(=O)Nc1ccc(Cl)c([N+](=O)[O-])c1. The van der Waals surface area contributed by atoms with Gasteiger partial charge in [-0.25, -0.2) is 0 Å². The minimum absolute atomic E-state index is 0.00732. The molecule has 1 heterocycles. The molecule has 2 aromatic carbocycles. The molecule has 27 heavy (non-hydrogen) atoms. The molecule has 0 aliphatic carbocycles. The number of carbonyl (C=O) groups excluding carboxylic acids is 2. The molecule has 138 valence electrons. The third kappa shape index (κ3) is 3.98. The zero-order valence-corrected chi connectivity index (χ0v) is 15.1. The van der Waals surface area contributed by atoms with Crippen LogP contribution in [-0.4, -0.2) is 21.6 Å². The molecule has 0 aromatic heterocycles. The van der Waals surface area contributed by atoms with Crippen molar-refractivity contribution in [1.82, 2.24) is 4.90 Å². The molecule has 0 radical (unpaired) electrons. The molecule has 7 nitrogen and oxygen atoms in total. The van der Waals surface area contributed by atoms with Gasteiger partial charge in [0.2, 0.25) is 11.8 Å². The molecule has 0 fully saturated rings. The molecule has 0 saturated heterocycles. The van der Waals surface area contributed by atoms with E-state index in [0.29, 0.717) is 0 Å². The number of nitrogens with zero attached hydrogens (tertiary/aromatic N) is 2. The number of amides is 2. The lowest BCUT2D eigenvalue weighted by atomic mass is 9.93. The van der Waals surface area contributed by atoms with Gasteiger partial charge in [0.25, 0.3) is 5.69 Å². The molecule has 1 aliphatic heterocycles. The summed E-state index contributed by atoms with van der Waals surface area (Å²) >= 11 is 5.79. The highest BCUT2D eigenvalue weighted by Crippen LogP contribution is 2.33. The second-order valence-corrected chi connectivity index (χ2v) is 6.47. The Hall–Kier alpha value is -3.19. The van der Waals surface area contributed by atoms with Gasteiger partial charge in [-0.2, -0.15) is 0 Å². The summed E-state index contributed by atoms with van der Waals surface area (Å²) in [5, 5.41) is 13.6. The van der Waals surface area contributed by atoms with Crippen LogP contribution < -0.4 is 5.32 Å². The van der Waals surface area contributed by atoms with Crippen molar-refractivity contribution < 1.29 is 14.5 Å². The lowest BCUT2D eigenvalue weighted by molar-refractivity contribution is -0.384. The van der Waals surface area contributed by atoms with Gasteiger partial charge in [-0.15, -0.1) is 0 Å². The Balaban J connectivity index is 1.82. The summed E-state index contributed by atoms with van der Waals surface area (Å²) in [4.78, 5) is 36.4. The molecule has 2 amide bonds. The quantitative estimate of drug-likeness (QED) is 0.632. The van der Waals surface area contributed by atoms with Gasteiger partial charge >= 0.3 is 0 Å². The first-order chi connectivity index (χ1) is 12.9. The smallest absolute Gasteiger partial charge is 0.289 e. The molecule has 2 aromatic rings. The average molecular weight is 386 g/mol. The maximum Gasteiger partial charge on any atom is 0.289 e. The predicted molar refractivity (Wildman–Crippen MR) is 102 cm³/mol. The van der Waals surface area contributed by atoms with E-state index < -0.39 is 11.0 Å². The molecule has 1 unspecified atom stereocenters. The maximum absolute atomic E-state index is 12.5. The van der Waals surface area contributed by atoms with Gasteiger partial charge in [0.15, 0.2) is 0 Å². The van der Waals surface area contributed by atoms with E-state index in [2.05, 4.69) is 5.32 Å². The summed E-state index contributed by atoms with van der Waals surface area (Å²) in [7, 11) is 0. The van der Waals surface area contributed by atoms with Crippen LogP contribution in [0, 0.1) is 10.1 Å². The number of nitro benzene ring substituents is 1. The molecule has 3 rings (SSSR count). The summed E-state index contributed by atoms with van der Waals surface area (Å²) in [5.74, 6) is -0.548. The Morgan fingerprint density at radius 2 is 2.00 bits per heavy atom. The number of fused-ring (bicyclic) bond motifs is 1. The van der Waals surface area contributed by atoms with Crippen LogP contribution in [0.4, 0.5) is 11.4 Å². The first kappa shape index (κ1) is 18.6. The number of nitro groups is 1. The van der Waals surface area contributed by atoms with Crippen molar-refractivity contribution in [3.8, 4) is 0 Å². The van der Waals surface area contributed by atoms with E-state index >= 15 is 0 Å². The zero-order valence-electron chi connectivity index (χ0n) is 14.4. The Morgan fingerprint density at radius 1 is 1.26 bits per heavy atom. The number of benzene rings is 2. The molecule has 0 bridgehead atoms. The van der Waals surface area contributed by atoms with E-state index in [0.717, 1.165) is 11.1 Å². The summed E-state index contributed by atoms with van der Waals surface area (Å²) in [6.45, 7) is 1.44. The Morgan fingerprint density at radius 3 is 2.70 bits per heavy atom. The second kappa shape index (κ2) is 7.59. The fourth-order valence-corrected chi connectivity index (χ4v) is 3.22. The van der Waals surface area contributed by atoms with Crippen molar-refractivity contribution in [2.24, 2.45) is 0 Å². The van der Waals surface area contributed by atoms with Gasteiger partial charge in [0, 0.05) is 24.9 Å². The highest BCUT2D eigenvalue weighted by atomic mass is 35.5.